The summed E-state index contributed by atoms with van der Waals surface area (Å²) in [6.07, 6.45) is 3.19. The van der Waals surface area contributed by atoms with Gasteiger partial charge in [-0.15, -0.1) is 11.3 Å². The van der Waals surface area contributed by atoms with Crippen molar-refractivity contribution < 1.29 is 19.4 Å². The van der Waals surface area contributed by atoms with Gasteiger partial charge in [0.25, 0.3) is 0 Å². The average Bonchev–Trinajstić information content (AvgIpc) is 3.64. The first-order valence-electron chi connectivity index (χ1n) is 15.0. The van der Waals surface area contributed by atoms with Crippen LogP contribution in [-0.4, -0.2) is 79.8 Å². The number of aliphatic hydroxyl groups excluding tert-OH is 1. The Morgan fingerprint density at radius 2 is 1.86 bits per heavy atom. The Kier molecular flexibility index (Phi) is 9.03. The maximum absolute atomic E-state index is 14.2. The monoisotopic (exact) mass is 584 g/mol. The van der Waals surface area contributed by atoms with Gasteiger partial charge in [0.2, 0.25) is 0 Å². The van der Waals surface area contributed by atoms with Crippen LogP contribution in [0.1, 0.15) is 45.5 Å². The molecule has 1 N–H and O–H groups in total. The quantitative estimate of drug-likeness (QED) is 0.233. The van der Waals surface area contributed by atoms with Gasteiger partial charge in [-0.25, -0.2) is 0 Å². The molecule has 0 spiro atoms. The third kappa shape index (κ3) is 6.17. The van der Waals surface area contributed by atoms with E-state index in [2.05, 4.69) is 59.2 Å². The van der Waals surface area contributed by atoms with Crippen molar-refractivity contribution in [1.29, 1.82) is 0 Å². The lowest BCUT2D eigenvalue weighted by molar-refractivity contribution is 0.0339. The number of fused-ring (bicyclic) bond motifs is 1. The van der Waals surface area contributed by atoms with Gasteiger partial charge in [0.15, 0.2) is 5.78 Å². The number of hydrogen-bond donors (Lipinski definition) is 1. The number of rotatable bonds is 10. The topological polar surface area (TPSA) is 62.2 Å². The van der Waals surface area contributed by atoms with Crippen molar-refractivity contribution >= 4 is 27.2 Å². The number of carbonyl (C=O) groups excluding carboxylic acids is 1. The number of aryl methyl sites for hydroxylation is 1. The molecular formula is C35H40N2O4S. The fraction of sp³-hybridized carbons (Fsp3) is 0.400. The zero-order valence-corrected chi connectivity index (χ0v) is 25.4. The van der Waals surface area contributed by atoms with Gasteiger partial charge < -0.3 is 14.6 Å². The predicted octanol–water partition coefficient (Wildman–Crippen LogP) is 5.95. The summed E-state index contributed by atoms with van der Waals surface area (Å²) in [6, 6.07) is 21.2. The van der Waals surface area contributed by atoms with Gasteiger partial charge in [-0.3, -0.25) is 14.6 Å². The highest BCUT2D eigenvalue weighted by atomic mass is 32.1. The number of hydrogen-bond acceptors (Lipinski definition) is 7. The lowest BCUT2D eigenvalue weighted by Gasteiger charge is -2.27. The molecule has 220 valence electrons. The van der Waals surface area contributed by atoms with Crippen molar-refractivity contribution in [2.75, 3.05) is 53.1 Å². The zero-order valence-electron chi connectivity index (χ0n) is 24.6. The average molecular weight is 585 g/mol. The van der Waals surface area contributed by atoms with E-state index in [-0.39, 0.29) is 12.4 Å². The van der Waals surface area contributed by atoms with Gasteiger partial charge in [-0.2, -0.15) is 0 Å². The molecule has 0 saturated carbocycles. The molecule has 2 aliphatic heterocycles. The van der Waals surface area contributed by atoms with E-state index in [0.717, 1.165) is 103 Å². The molecule has 3 heterocycles. The third-order valence-electron chi connectivity index (χ3n) is 8.73. The number of nitrogens with zero attached hydrogens (tertiary/aromatic N) is 2. The molecule has 0 aliphatic carbocycles. The summed E-state index contributed by atoms with van der Waals surface area (Å²) in [7, 11) is 1.68. The van der Waals surface area contributed by atoms with Crippen LogP contribution in [0.25, 0.3) is 20.5 Å². The van der Waals surface area contributed by atoms with Crippen molar-refractivity contribution in [3.8, 4) is 16.2 Å². The highest BCUT2D eigenvalue weighted by Crippen LogP contribution is 2.41. The minimum Gasteiger partial charge on any atom is -0.496 e. The summed E-state index contributed by atoms with van der Waals surface area (Å²) < 4.78 is 12.4. The minimum atomic E-state index is 0.0180. The SMILES string of the molecule is COc1cc(C(=O)c2c(-c3ccc(CCN4CCC[C@@H]4CO)cc3)sc3cc(C)ccc23)ccc1CN1CCOCC1. The molecule has 0 bridgehead atoms. The molecule has 1 aromatic heterocycles. The van der Waals surface area contributed by atoms with Crippen LogP contribution < -0.4 is 4.74 Å². The van der Waals surface area contributed by atoms with E-state index in [0.29, 0.717) is 11.6 Å². The second-order valence-corrected chi connectivity index (χ2v) is 12.6. The van der Waals surface area contributed by atoms with Crippen molar-refractivity contribution in [2.45, 2.75) is 38.8 Å². The molecule has 4 aromatic rings. The maximum Gasteiger partial charge on any atom is 0.195 e. The number of ketones is 1. The van der Waals surface area contributed by atoms with Crippen LogP contribution in [0.2, 0.25) is 0 Å². The standard InChI is InChI=1S/C35H40N2O4S/c1-24-5-12-30-32(20-24)42-35(26-8-6-25(7-9-26)13-15-37-14-3-4-29(37)23-38)33(30)34(39)27-10-11-28(31(21-27)40-2)22-36-16-18-41-19-17-36/h5-12,20-21,29,38H,3-4,13-19,22-23H2,1-2H3/t29-/m1/s1. The number of ether oxygens (including phenoxy) is 2. The van der Waals surface area contributed by atoms with Gasteiger partial charge >= 0.3 is 0 Å². The first kappa shape index (κ1) is 29.0. The molecule has 0 radical (unpaired) electrons. The Labute approximate surface area is 252 Å². The predicted molar refractivity (Wildman–Crippen MR) is 170 cm³/mol. The number of benzene rings is 3. The Morgan fingerprint density at radius 1 is 1.05 bits per heavy atom. The van der Waals surface area contributed by atoms with Gasteiger partial charge in [0.1, 0.15) is 5.75 Å². The van der Waals surface area contributed by atoms with Crippen molar-refractivity contribution in [1.82, 2.24) is 9.80 Å². The van der Waals surface area contributed by atoms with E-state index >= 15 is 0 Å². The smallest absolute Gasteiger partial charge is 0.195 e. The molecule has 0 unspecified atom stereocenters. The van der Waals surface area contributed by atoms with Gasteiger partial charge in [-0.05, 0) is 61.6 Å². The number of thiophene rings is 1. The van der Waals surface area contributed by atoms with E-state index in [1.807, 2.05) is 18.2 Å². The normalized spacial score (nSPS) is 18.1. The Balaban J connectivity index is 1.29. The molecule has 42 heavy (non-hydrogen) atoms. The minimum absolute atomic E-state index is 0.0180. The molecule has 2 fully saturated rings. The summed E-state index contributed by atoms with van der Waals surface area (Å²) in [5, 5.41) is 10.7. The second kappa shape index (κ2) is 13.1. The zero-order chi connectivity index (χ0) is 29.1. The molecule has 2 aliphatic rings. The Morgan fingerprint density at radius 3 is 2.62 bits per heavy atom. The Hall–Kier alpha value is -3.07. The van der Waals surface area contributed by atoms with Crippen LogP contribution in [0.4, 0.5) is 0 Å². The number of methoxy groups -OCH3 is 1. The third-order valence-corrected chi connectivity index (χ3v) is 9.93. The molecule has 6 nitrogen and oxygen atoms in total. The van der Waals surface area contributed by atoms with Crippen LogP contribution in [-0.2, 0) is 17.7 Å². The van der Waals surface area contributed by atoms with E-state index < -0.39 is 0 Å². The van der Waals surface area contributed by atoms with Gasteiger partial charge in [0.05, 0.1) is 26.9 Å². The summed E-state index contributed by atoms with van der Waals surface area (Å²) in [5.41, 5.74) is 5.99. The summed E-state index contributed by atoms with van der Waals surface area (Å²) in [4.78, 5) is 20.0. The summed E-state index contributed by atoms with van der Waals surface area (Å²) >= 11 is 1.69. The Bertz CT molecular complexity index is 1540. The van der Waals surface area contributed by atoms with Gasteiger partial charge in [0, 0.05) is 63.9 Å². The van der Waals surface area contributed by atoms with E-state index in [9.17, 15) is 9.90 Å². The number of aliphatic hydroxyl groups is 1. The molecule has 0 amide bonds. The number of morpholine rings is 1. The molecular weight excluding hydrogens is 544 g/mol. The highest BCUT2D eigenvalue weighted by molar-refractivity contribution is 7.22. The van der Waals surface area contributed by atoms with Crippen LogP contribution >= 0.6 is 11.3 Å². The van der Waals surface area contributed by atoms with Crippen LogP contribution in [0.15, 0.2) is 60.7 Å². The number of carbonyl (C=O) groups is 1. The lowest BCUT2D eigenvalue weighted by atomic mass is 9.95. The van der Waals surface area contributed by atoms with Crippen LogP contribution in [0.3, 0.4) is 0 Å². The lowest BCUT2D eigenvalue weighted by Crippen LogP contribution is -2.35. The van der Waals surface area contributed by atoms with Crippen LogP contribution in [0.5, 0.6) is 5.75 Å². The molecule has 7 heteroatoms. The van der Waals surface area contributed by atoms with Crippen molar-refractivity contribution in [3.63, 3.8) is 0 Å². The number of likely N-dealkylation sites (tertiary alicyclic amines) is 1. The van der Waals surface area contributed by atoms with Crippen molar-refractivity contribution in [2.24, 2.45) is 0 Å². The fourth-order valence-electron chi connectivity index (χ4n) is 6.29. The van der Waals surface area contributed by atoms with Crippen LogP contribution in [0, 0.1) is 6.92 Å². The summed E-state index contributed by atoms with van der Waals surface area (Å²) in [6.45, 7) is 8.42. The molecule has 6 rings (SSSR count). The second-order valence-electron chi connectivity index (χ2n) is 11.5. The fourth-order valence-corrected chi connectivity index (χ4v) is 7.59. The van der Waals surface area contributed by atoms with E-state index in [1.54, 1.807) is 18.4 Å². The highest BCUT2D eigenvalue weighted by Gasteiger charge is 2.25. The molecule has 3 aromatic carbocycles. The van der Waals surface area contributed by atoms with Crippen molar-refractivity contribution in [3.05, 3.63) is 88.5 Å². The molecule has 2 saturated heterocycles. The largest absolute Gasteiger partial charge is 0.496 e. The first-order valence-corrected chi connectivity index (χ1v) is 15.8. The molecule has 1 atom stereocenters. The van der Waals surface area contributed by atoms with Gasteiger partial charge in [-0.1, -0.05) is 48.5 Å². The maximum atomic E-state index is 14.2. The van der Waals surface area contributed by atoms with E-state index in [1.165, 1.54) is 11.1 Å². The first-order chi connectivity index (χ1) is 20.5. The van der Waals surface area contributed by atoms with E-state index in [4.69, 9.17) is 9.47 Å². The summed E-state index contributed by atoms with van der Waals surface area (Å²) in [5.74, 6) is 0.763.